The topological polar surface area (TPSA) is 67.4 Å². The highest BCUT2D eigenvalue weighted by atomic mass is 16.2. The molecule has 112 valence electrons. The molecular formula is C14H25N5O. The summed E-state index contributed by atoms with van der Waals surface area (Å²) < 4.78 is 1.94. The first kappa shape index (κ1) is 15.0. The van der Waals surface area contributed by atoms with Gasteiger partial charge in [0.1, 0.15) is 0 Å². The molecule has 6 nitrogen and oxygen atoms in total. The number of carbonyl (C=O) groups excluding carboxylic acids is 1. The van der Waals surface area contributed by atoms with Crippen LogP contribution >= 0.6 is 0 Å². The summed E-state index contributed by atoms with van der Waals surface area (Å²) in [5.41, 5.74) is 6.91. The fraction of sp³-hybridized carbons (Fsp3) is 0.714. The van der Waals surface area contributed by atoms with E-state index in [2.05, 4.69) is 23.1 Å². The van der Waals surface area contributed by atoms with E-state index in [1.165, 1.54) is 5.56 Å². The molecule has 0 spiro atoms. The first-order chi connectivity index (χ1) is 9.60. The molecule has 1 atom stereocenters. The lowest BCUT2D eigenvalue weighted by Crippen LogP contribution is -2.43. The summed E-state index contributed by atoms with van der Waals surface area (Å²) in [4.78, 5) is 16.2. The summed E-state index contributed by atoms with van der Waals surface area (Å²) in [5.74, 6) is 0.0608. The molecule has 2 rings (SSSR count). The van der Waals surface area contributed by atoms with Crippen molar-refractivity contribution < 1.29 is 4.79 Å². The Balaban J connectivity index is 1.88. The zero-order chi connectivity index (χ0) is 14.5. The van der Waals surface area contributed by atoms with Crippen molar-refractivity contribution in [2.24, 2.45) is 5.73 Å². The minimum Gasteiger partial charge on any atom is -0.340 e. The maximum atomic E-state index is 11.9. The number of hydrogen-bond acceptors (Lipinski definition) is 4. The van der Waals surface area contributed by atoms with E-state index in [1.54, 1.807) is 6.92 Å². The third-order valence-electron chi connectivity index (χ3n) is 3.71. The zero-order valence-electron chi connectivity index (χ0n) is 12.5. The smallest absolute Gasteiger partial charge is 0.239 e. The first-order valence-electron chi connectivity index (χ1n) is 7.38. The van der Waals surface area contributed by atoms with Crippen molar-refractivity contribution in [1.29, 1.82) is 0 Å². The lowest BCUT2D eigenvalue weighted by molar-refractivity contribution is -0.132. The van der Waals surface area contributed by atoms with E-state index in [0.29, 0.717) is 0 Å². The summed E-state index contributed by atoms with van der Waals surface area (Å²) >= 11 is 0. The molecule has 1 unspecified atom stereocenters. The van der Waals surface area contributed by atoms with Crippen molar-refractivity contribution in [3.63, 3.8) is 0 Å². The minimum atomic E-state index is -0.399. The van der Waals surface area contributed by atoms with E-state index in [0.717, 1.165) is 45.7 Å². The van der Waals surface area contributed by atoms with Gasteiger partial charge in [0.2, 0.25) is 5.91 Å². The molecule has 1 amide bonds. The Morgan fingerprint density at radius 2 is 2.20 bits per heavy atom. The molecule has 1 fully saturated rings. The van der Waals surface area contributed by atoms with Crippen molar-refractivity contribution in [3.05, 3.63) is 18.0 Å². The van der Waals surface area contributed by atoms with Crippen molar-refractivity contribution >= 4 is 5.91 Å². The molecule has 2 N–H and O–H groups in total. The molecule has 0 saturated carbocycles. The van der Waals surface area contributed by atoms with Crippen LogP contribution in [-0.2, 0) is 17.9 Å². The molecule has 1 aliphatic rings. The van der Waals surface area contributed by atoms with E-state index >= 15 is 0 Å². The Labute approximate surface area is 120 Å². The highest BCUT2D eigenvalue weighted by molar-refractivity contribution is 5.81. The van der Waals surface area contributed by atoms with Crippen molar-refractivity contribution in [2.75, 3.05) is 26.2 Å². The molecule has 6 heteroatoms. The zero-order valence-corrected chi connectivity index (χ0v) is 12.5. The summed E-state index contributed by atoms with van der Waals surface area (Å²) in [5, 5.41) is 4.30. The Kier molecular flexibility index (Phi) is 5.14. The molecule has 1 aromatic rings. The van der Waals surface area contributed by atoms with Gasteiger partial charge in [0.25, 0.3) is 0 Å². The van der Waals surface area contributed by atoms with Crippen LogP contribution < -0.4 is 5.73 Å². The molecule has 0 aliphatic carbocycles. The molecular weight excluding hydrogens is 254 g/mol. The van der Waals surface area contributed by atoms with E-state index in [-0.39, 0.29) is 5.91 Å². The van der Waals surface area contributed by atoms with Crippen LogP contribution in [0.25, 0.3) is 0 Å². The Morgan fingerprint density at radius 3 is 2.85 bits per heavy atom. The SMILES string of the molecule is CCn1cc(CN2CCCN(C(=O)C(C)N)CC2)cn1. The number of nitrogens with zero attached hydrogens (tertiary/aromatic N) is 4. The Bertz CT molecular complexity index is 443. The molecule has 1 aliphatic heterocycles. The fourth-order valence-electron chi connectivity index (χ4n) is 2.56. The summed E-state index contributed by atoms with van der Waals surface area (Å²) in [6.07, 6.45) is 5.02. The fourth-order valence-corrected chi connectivity index (χ4v) is 2.56. The number of aromatic nitrogens is 2. The second-order valence-corrected chi connectivity index (χ2v) is 5.45. The lowest BCUT2D eigenvalue weighted by atomic mass is 10.3. The monoisotopic (exact) mass is 279 g/mol. The Hall–Kier alpha value is -1.40. The van der Waals surface area contributed by atoms with Gasteiger partial charge >= 0.3 is 0 Å². The maximum absolute atomic E-state index is 11.9. The van der Waals surface area contributed by atoms with Gasteiger partial charge in [0.05, 0.1) is 12.2 Å². The molecule has 1 saturated heterocycles. The average Bonchev–Trinajstić information content (AvgIpc) is 2.76. The Morgan fingerprint density at radius 1 is 1.40 bits per heavy atom. The van der Waals surface area contributed by atoms with E-state index < -0.39 is 6.04 Å². The van der Waals surface area contributed by atoms with Gasteiger partial charge < -0.3 is 10.6 Å². The van der Waals surface area contributed by atoms with Gasteiger partial charge in [-0.25, -0.2) is 0 Å². The highest BCUT2D eigenvalue weighted by Crippen LogP contribution is 2.09. The second-order valence-electron chi connectivity index (χ2n) is 5.45. The van der Waals surface area contributed by atoms with Gasteiger partial charge in [-0.15, -0.1) is 0 Å². The molecule has 0 aromatic carbocycles. The van der Waals surface area contributed by atoms with Crippen molar-refractivity contribution in [2.45, 2.75) is 39.4 Å². The summed E-state index contributed by atoms with van der Waals surface area (Å²) in [6.45, 7) is 9.13. The van der Waals surface area contributed by atoms with Crippen LogP contribution in [-0.4, -0.2) is 57.7 Å². The second kappa shape index (κ2) is 6.85. The average molecular weight is 279 g/mol. The minimum absolute atomic E-state index is 0.0608. The van der Waals surface area contributed by atoms with Crippen LogP contribution in [0.2, 0.25) is 0 Å². The van der Waals surface area contributed by atoms with Crippen LogP contribution in [0.3, 0.4) is 0 Å². The van der Waals surface area contributed by atoms with E-state index in [1.807, 2.05) is 15.8 Å². The van der Waals surface area contributed by atoms with Crippen molar-refractivity contribution in [1.82, 2.24) is 19.6 Å². The van der Waals surface area contributed by atoms with Crippen LogP contribution in [0, 0.1) is 0 Å². The van der Waals surface area contributed by atoms with Gasteiger partial charge in [-0.2, -0.15) is 5.10 Å². The lowest BCUT2D eigenvalue weighted by Gasteiger charge is -2.23. The largest absolute Gasteiger partial charge is 0.340 e. The number of hydrogen-bond donors (Lipinski definition) is 1. The van der Waals surface area contributed by atoms with Gasteiger partial charge in [0, 0.05) is 51.0 Å². The number of aryl methyl sites for hydroxylation is 1. The molecule has 20 heavy (non-hydrogen) atoms. The predicted octanol–water partition coefficient (Wildman–Crippen LogP) is 0.285. The molecule has 0 radical (unpaired) electrons. The van der Waals surface area contributed by atoms with Crippen LogP contribution in [0.1, 0.15) is 25.8 Å². The normalized spacial score (nSPS) is 18.9. The highest BCUT2D eigenvalue weighted by Gasteiger charge is 2.21. The van der Waals surface area contributed by atoms with Gasteiger partial charge in [-0.05, 0) is 20.3 Å². The standard InChI is InChI=1S/C14H25N5O/c1-3-19-11-13(9-16-19)10-17-5-4-6-18(8-7-17)14(20)12(2)15/h9,11-12H,3-8,10,15H2,1-2H3. The van der Waals surface area contributed by atoms with Crippen LogP contribution in [0.5, 0.6) is 0 Å². The maximum Gasteiger partial charge on any atom is 0.239 e. The number of carbonyl (C=O) groups is 1. The third kappa shape index (κ3) is 3.80. The number of nitrogens with two attached hydrogens (primary N) is 1. The van der Waals surface area contributed by atoms with Crippen LogP contribution in [0.4, 0.5) is 0 Å². The summed E-state index contributed by atoms with van der Waals surface area (Å²) in [6, 6.07) is -0.399. The van der Waals surface area contributed by atoms with Gasteiger partial charge in [-0.3, -0.25) is 14.4 Å². The third-order valence-corrected chi connectivity index (χ3v) is 3.71. The van der Waals surface area contributed by atoms with Gasteiger partial charge in [0.15, 0.2) is 0 Å². The van der Waals surface area contributed by atoms with Crippen LogP contribution in [0.15, 0.2) is 12.4 Å². The first-order valence-corrected chi connectivity index (χ1v) is 7.38. The molecule has 1 aromatic heterocycles. The van der Waals surface area contributed by atoms with E-state index in [4.69, 9.17) is 5.73 Å². The van der Waals surface area contributed by atoms with E-state index in [9.17, 15) is 4.79 Å². The summed E-state index contributed by atoms with van der Waals surface area (Å²) in [7, 11) is 0. The number of amides is 1. The molecule has 0 bridgehead atoms. The number of rotatable bonds is 4. The molecule has 2 heterocycles. The quantitative estimate of drug-likeness (QED) is 0.860. The van der Waals surface area contributed by atoms with Crippen molar-refractivity contribution in [3.8, 4) is 0 Å². The predicted molar refractivity (Wildman–Crippen MR) is 78.0 cm³/mol. The van der Waals surface area contributed by atoms with Gasteiger partial charge in [-0.1, -0.05) is 0 Å².